The smallest absolute Gasteiger partial charge is 0.242 e. The van der Waals surface area contributed by atoms with Gasteiger partial charge in [-0.1, -0.05) is 25.1 Å². The van der Waals surface area contributed by atoms with Gasteiger partial charge in [0.25, 0.3) is 0 Å². The number of hydrogen-bond acceptors (Lipinski definition) is 3. The number of fused-ring (bicyclic) bond motifs is 1. The Hall–Kier alpha value is -1.55. The first kappa shape index (κ1) is 15.8. The summed E-state index contributed by atoms with van der Waals surface area (Å²) in [5, 5.41) is 3.54. The fourth-order valence-corrected chi connectivity index (χ4v) is 3.09. The molecule has 116 valence electrons. The Morgan fingerprint density at radius 2 is 2.00 bits per heavy atom. The average molecular weight is 289 g/mol. The highest BCUT2D eigenvalue weighted by Crippen LogP contribution is 2.33. The minimum Gasteiger partial charge on any atom is -0.362 e. The molecule has 1 aromatic carbocycles. The molecule has 0 fully saturated rings. The van der Waals surface area contributed by atoms with Gasteiger partial charge in [-0.2, -0.15) is 0 Å². The Labute approximate surface area is 128 Å². The molecule has 4 heteroatoms. The second kappa shape index (κ2) is 7.46. The molecule has 4 nitrogen and oxygen atoms in total. The van der Waals surface area contributed by atoms with Gasteiger partial charge in [0, 0.05) is 31.4 Å². The number of nitrogens with zero attached hydrogens (tertiary/aromatic N) is 2. The Bertz CT molecular complexity index is 471. The van der Waals surface area contributed by atoms with Gasteiger partial charge < -0.3 is 15.1 Å². The molecule has 1 aliphatic heterocycles. The Kier molecular flexibility index (Phi) is 5.62. The van der Waals surface area contributed by atoms with E-state index < -0.39 is 0 Å². The standard InChI is InChI=1S/C17H27N3O/c1-4-18-15-11-12-20(13-17(21)19(5-2)6-3)16-10-8-7-9-14(15)16/h7-10,15,18H,4-6,11-13H2,1-3H3. The third-order valence-electron chi connectivity index (χ3n) is 4.23. The predicted octanol–water partition coefficient (Wildman–Crippen LogP) is 2.42. The molecule has 1 atom stereocenters. The van der Waals surface area contributed by atoms with Gasteiger partial charge in [0.15, 0.2) is 0 Å². The summed E-state index contributed by atoms with van der Waals surface area (Å²) in [5.74, 6) is 0.219. The molecular weight excluding hydrogens is 262 g/mol. The second-order valence-corrected chi connectivity index (χ2v) is 5.45. The van der Waals surface area contributed by atoms with Gasteiger partial charge in [0.1, 0.15) is 0 Å². The van der Waals surface area contributed by atoms with Crippen molar-refractivity contribution < 1.29 is 4.79 Å². The van der Waals surface area contributed by atoms with Crippen molar-refractivity contribution in [2.45, 2.75) is 33.2 Å². The van der Waals surface area contributed by atoms with E-state index in [-0.39, 0.29) is 5.91 Å². The van der Waals surface area contributed by atoms with E-state index in [4.69, 9.17) is 0 Å². The molecule has 0 radical (unpaired) electrons. The van der Waals surface area contributed by atoms with Crippen LogP contribution in [0.4, 0.5) is 5.69 Å². The van der Waals surface area contributed by atoms with E-state index in [1.54, 1.807) is 0 Å². The molecule has 1 amide bonds. The van der Waals surface area contributed by atoms with Crippen LogP contribution in [-0.4, -0.2) is 43.5 Å². The number of likely N-dealkylation sites (N-methyl/N-ethyl adjacent to an activating group) is 1. The second-order valence-electron chi connectivity index (χ2n) is 5.45. The molecule has 0 saturated carbocycles. The number of nitrogens with one attached hydrogen (secondary N) is 1. The molecule has 1 aromatic rings. The highest BCUT2D eigenvalue weighted by molar-refractivity contribution is 5.82. The van der Waals surface area contributed by atoms with Crippen LogP contribution in [0.3, 0.4) is 0 Å². The molecule has 1 heterocycles. The van der Waals surface area contributed by atoms with Crippen molar-refractivity contribution in [3.63, 3.8) is 0 Å². The molecule has 21 heavy (non-hydrogen) atoms. The third kappa shape index (κ3) is 3.56. The molecule has 0 aliphatic carbocycles. The van der Waals surface area contributed by atoms with Crippen molar-refractivity contribution in [1.82, 2.24) is 10.2 Å². The molecule has 1 unspecified atom stereocenters. The molecule has 2 rings (SSSR count). The quantitative estimate of drug-likeness (QED) is 0.873. The SMILES string of the molecule is CCNC1CCN(CC(=O)N(CC)CC)c2ccccc21. The summed E-state index contributed by atoms with van der Waals surface area (Å²) in [5.41, 5.74) is 2.52. The first-order chi connectivity index (χ1) is 10.2. The number of benzene rings is 1. The summed E-state index contributed by atoms with van der Waals surface area (Å²) in [6, 6.07) is 8.86. The zero-order valence-electron chi connectivity index (χ0n) is 13.4. The van der Waals surface area contributed by atoms with Crippen LogP contribution < -0.4 is 10.2 Å². The van der Waals surface area contributed by atoms with E-state index in [0.29, 0.717) is 12.6 Å². The topological polar surface area (TPSA) is 35.6 Å². The Morgan fingerprint density at radius 1 is 1.29 bits per heavy atom. The van der Waals surface area contributed by atoms with Crippen molar-refractivity contribution in [3.8, 4) is 0 Å². The van der Waals surface area contributed by atoms with Crippen LogP contribution in [0.2, 0.25) is 0 Å². The number of para-hydroxylation sites is 1. The number of hydrogen-bond donors (Lipinski definition) is 1. The maximum absolute atomic E-state index is 12.4. The molecule has 0 aromatic heterocycles. The monoisotopic (exact) mass is 289 g/mol. The molecule has 0 saturated heterocycles. The lowest BCUT2D eigenvalue weighted by Crippen LogP contribution is -2.43. The van der Waals surface area contributed by atoms with Gasteiger partial charge in [0.05, 0.1) is 6.54 Å². The third-order valence-corrected chi connectivity index (χ3v) is 4.23. The van der Waals surface area contributed by atoms with E-state index in [9.17, 15) is 4.79 Å². The molecule has 0 bridgehead atoms. The van der Waals surface area contributed by atoms with Crippen LogP contribution in [-0.2, 0) is 4.79 Å². The maximum Gasteiger partial charge on any atom is 0.242 e. The number of anilines is 1. The zero-order chi connectivity index (χ0) is 15.2. The van der Waals surface area contributed by atoms with Crippen LogP contribution in [0.5, 0.6) is 0 Å². The van der Waals surface area contributed by atoms with Gasteiger partial charge in [0.2, 0.25) is 5.91 Å². The zero-order valence-corrected chi connectivity index (χ0v) is 13.4. The predicted molar refractivity (Wildman–Crippen MR) is 87.6 cm³/mol. The Morgan fingerprint density at radius 3 is 2.67 bits per heavy atom. The van der Waals surface area contributed by atoms with E-state index >= 15 is 0 Å². The van der Waals surface area contributed by atoms with Crippen LogP contribution in [0.25, 0.3) is 0 Å². The van der Waals surface area contributed by atoms with Crippen LogP contribution >= 0.6 is 0 Å². The van der Waals surface area contributed by atoms with Crippen molar-refractivity contribution in [2.75, 3.05) is 37.6 Å². The number of rotatable bonds is 6. The van der Waals surface area contributed by atoms with Gasteiger partial charge in [-0.15, -0.1) is 0 Å². The summed E-state index contributed by atoms with van der Waals surface area (Å²) in [6.45, 7) is 10.2. The van der Waals surface area contributed by atoms with Gasteiger partial charge in [-0.25, -0.2) is 0 Å². The first-order valence-electron chi connectivity index (χ1n) is 8.06. The highest BCUT2D eigenvalue weighted by Gasteiger charge is 2.26. The lowest BCUT2D eigenvalue weighted by molar-refractivity contribution is -0.129. The van der Waals surface area contributed by atoms with Crippen LogP contribution in [0, 0.1) is 0 Å². The first-order valence-corrected chi connectivity index (χ1v) is 8.06. The number of carbonyl (C=O) groups is 1. The summed E-state index contributed by atoms with van der Waals surface area (Å²) in [7, 11) is 0. The molecular formula is C17H27N3O. The van der Waals surface area contributed by atoms with E-state index in [2.05, 4.69) is 41.4 Å². The lowest BCUT2D eigenvalue weighted by atomic mass is 9.96. The summed E-state index contributed by atoms with van der Waals surface area (Å²) < 4.78 is 0. The Balaban J connectivity index is 2.15. The van der Waals surface area contributed by atoms with E-state index in [0.717, 1.165) is 32.6 Å². The number of amides is 1. The van der Waals surface area contributed by atoms with Crippen molar-refractivity contribution in [3.05, 3.63) is 29.8 Å². The van der Waals surface area contributed by atoms with Crippen LogP contribution in [0.1, 0.15) is 38.8 Å². The largest absolute Gasteiger partial charge is 0.362 e. The van der Waals surface area contributed by atoms with Crippen molar-refractivity contribution in [2.24, 2.45) is 0 Å². The van der Waals surface area contributed by atoms with E-state index in [1.165, 1.54) is 11.3 Å². The fourth-order valence-electron chi connectivity index (χ4n) is 3.09. The van der Waals surface area contributed by atoms with E-state index in [1.807, 2.05) is 18.7 Å². The molecule has 1 aliphatic rings. The normalized spacial score (nSPS) is 17.5. The minimum absolute atomic E-state index is 0.219. The van der Waals surface area contributed by atoms with Gasteiger partial charge >= 0.3 is 0 Å². The molecule has 1 N–H and O–H groups in total. The summed E-state index contributed by atoms with van der Waals surface area (Å²) in [4.78, 5) is 16.5. The summed E-state index contributed by atoms with van der Waals surface area (Å²) >= 11 is 0. The average Bonchev–Trinajstić information content (AvgIpc) is 2.51. The summed E-state index contributed by atoms with van der Waals surface area (Å²) in [6.07, 6.45) is 1.05. The lowest BCUT2D eigenvalue weighted by Gasteiger charge is -2.36. The van der Waals surface area contributed by atoms with Gasteiger partial charge in [-0.05, 0) is 38.4 Å². The highest BCUT2D eigenvalue weighted by atomic mass is 16.2. The molecule has 0 spiro atoms. The minimum atomic E-state index is 0.219. The van der Waals surface area contributed by atoms with Crippen molar-refractivity contribution >= 4 is 11.6 Å². The van der Waals surface area contributed by atoms with Crippen molar-refractivity contribution in [1.29, 1.82) is 0 Å². The maximum atomic E-state index is 12.4. The number of carbonyl (C=O) groups excluding carboxylic acids is 1. The van der Waals surface area contributed by atoms with Crippen LogP contribution in [0.15, 0.2) is 24.3 Å². The van der Waals surface area contributed by atoms with Gasteiger partial charge in [-0.3, -0.25) is 4.79 Å². The fraction of sp³-hybridized carbons (Fsp3) is 0.588.